The lowest BCUT2D eigenvalue weighted by molar-refractivity contribution is -0.350. The van der Waals surface area contributed by atoms with Crippen molar-refractivity contribution in [1.82, 2.24) is 0 Å². The van der Waals surface area contributed by atoms with Crippen molar-refractivity contribution in [2.24, 2.45) is 11.8 Å². The minimum atomic E-state index is -1.28. The Morgan fingerprint density at radius 1 is 0.823 bits per heavy atom. The van der Waals surface area contributed by atoms with E-state index in [4.69, 9.17) is 47.4 Å². The summed E-state index contributed by atoms with van der Waals surface area (Å²) in [6.45, 7) is 12.7. The molecule has 0 aromatic heterocycles. The molecule has 1 aromatic rings. The molecule has 4 aliphatic rings. The van der Waals surface area contributed by atoms with Gasteiger partial charge in [0.2, 0.25) is 0 Å². The number of ether oxygens (including phenoxy) is 10. The minimum absolute atomic E-state index is 0.0213. The van der Waals surface area contributed by atoms with Crippen LogP contribution in [0.4, 0.5) is 0 Å². The zero-order valence-electron chi connectivity index (χ0n) is 37.5. The highest BCUT2D eigenvalue weighted by molar-refractivity contribution is 5.82. The van der Waals surface area contributed by atoms with Crippen LogP contribution in [0.25, 0.3) is 0 Å². The third kappa shape index (κ3) is 14.2. The van der Waals surface area contributed by atoms with E-state index in [1.807, 2.05) is 31.2 Å². The van der Waals surface area contributed by atoms with Crippen molar-refractivity contribution < 1.29 is 77.1 Å². The molecule has 13 atom stereocenters. The van der Waals surface area contributed by atoms with Crippen LogP contribution in [0.1, 0.15) is 111 Å². The monoisotopic (exact) mass is 878 g/mol. The topological polar surface area (TPSA) is 204 Å². The number of carbonyl (C=O) groups is 3. The SMILES string of the molecule is C=C(C[C@H]1C[C@](C)(O)C[C@@]2(C[C@@H](OC(C)=O)C[C@H](CCO)O2)O1)[C@@H](C)[C@H](OC(C)=O)[C@H](C)C(=O)C[C@@H]1C[C@H](OC)C[C@@]2(C[C@@H](O)C[C@H](COCOCc3ccc(OC)cc3)O2)O1. The summed E-state index contributed by atoms with van der Waals surface area (Å²) >= 11 is 0. The molecule has 4 saturated heterocycles. The van der Waals surface area contributed by atoms with Crippen LogP contribution < -0.4 is 4.74 Å². The first-order valence-electron chi connectivity index (χ1n) is 21.9. The van der Waals surface area contributed by atoms with Crippen molar-refractivity contribution in [3.8, 4) is 5.75 Å². The minimum Gasteiger partial charge on any atom is -0.497 e. The zero-order chi connectivity index (χ0) is 45.2. The summed E-state index contributed by atoms with van der Waals surface area (Å²) in [6.07, 6.45) is -1.77. The van der Waals surface area contributed by atoms with Gasteiger partial charge in [0, 0.05) is 91.3 Å². The van der Waals surface area contributed by atoms with Crippen LogP contribution >= 0.6 is 0 Å². The molecule has 62 heavy (non-hydrogen) atoms. The number of aliphatic hydroxyl groups is 3. The number of ketones is 1. The maximum absolute atomic E-state index is 14.2. The molecule has 0 bridgehead atoms. The van der Waals surface area contributed by atoms with Crippen LogP contribution in [0, 0.1) is 11.8 Å². The van der Waals surface area contributed by atoms with Gasteiger partial charge in [-0.15, -0.1) is 0 Å². The Labute approximate surface area is 365 Å². The number of benzene rings is 1. The lowest BCUT2D eigenvalue weighted by Gasteiger charge is -2.52. The smallest absolute Gasteiger partial charge is 0.302 e. The molecule has 2 spiro atoms. The normalized spacial score (nSPS) is 33.9. The number of hydrogen-bond donors (Lipinski definition) is 3. The van der Waals surface area contributed by atoms with Crippen molar-refractivity contribution in [3.63, 3.8) is 0 Å². The first-order chi connectivity index (χ1) is 29.3. The number of rotatable bonds is 20. The quantitative estimate of drug-likeness (QED) is 0.0694. The van der Waals surface area contributed by atoms with Gasteiger partial charge in [-0.1, -0.05) is 38.1 Å². The zero-order valence-corrected chi connectivity index (χ0v) is 37.5. The summed E-state index contributed by atoms with van der Waals surface area (Å²) in [5, 5.41) is 32.2. The van der Waals surface area contributed by atoms with Gasteiger partial charge in [-0.25, -0.2) is 0 Å². The second-order valence-electron chi connectivity index (χ2n) is 18.1. The molecule has 4 heterocycles. The average Bonchev–Trinajstić information content (AvgIpc) is 3.17. The van der Waals surface area contributed by atoms with Crippen molar-refractivity contribution in [1.29, 1.82) is 0 Å². The first kappa shape index (κ1) is 50.0. The molecule has 4 fully saturated rings. The molecule has 16 heteroatoms. The van der Waals surface area contributed by atoms with E-state index in [0.717, 1.165) is 11.3 Å². The van der Waals surface area contributed by atoms with E-state index in [1.165, 1.54) is 13.8 Å². The maximum atomic E-state index is 14.2. The number of carbonyl (C=O) groups excluding carboxylic acids is 3. The number of methoxy groups -OCH3 is 2. The Bertz CT molecular complexity index is 1630. The van der Waals surface area contributed by atoms with Gasteiger partial charge in [0.1, 0.15) is 30.5 Å². The van der Waals surface area contributed by atoms with Crippen LogP contribution in [0.2, 0.25) is 0 Å². The lowest BCUT2D eigenvalue weighted by Crippen LogP contribution is -2.58. The fourth-order valence-corrected chi connectivity index (χ4v) is 9.74. The van der Waals surface area contributed by atoms with Crippen molar-refractivity contribution in [2.45, 2.75) is 178 Å². The van der Waals surface area contributed by atoms with E-state index in [0.29, 0.717) is 44.3 Å². The van der Waals surface area contributed by atoms with Gasteiger partial charge in [0.05, 0.1) is 68.5 Å². The Hall–Kier alpha value is -3.03. The Kier molecular flexibility index (Phi) is 17.9. The molecule has 1 aromatic carbocycles. The summed E-state index contributed by atoms with van der Waals surface area (Å²) in [4.78, 5) is 38.6. The third-order valence-corrected chi connectivity index (χ3v) is 12.4. The number of Topliss-reactive ketones (excluding diaryl/α,β-unsaturated/α-hetero) is 1. The number of hydrogen-bond acceptors (Lipinski definition) is 16. The second-order valence-corrected chi connectivity index (χ2v) is 18.1. The highest BCUT2D eigenvalue weighted by Gasteiger charge is 2.53. The number of esters is 2. The summed E-state index contributed by atoms with van der Waals surface area (Å²) in [5.41, 5.74) is 0.401. The fourth-order valence-electron chi connectivity index (χ4n) is 9.74. The van der Waals surface area contributed by atoms with Gasteiger partial charge < -0.3 is 62.7 Å². The van der Waals surface area contributed by atoms with Crippen LogP contribution in [-0.2, 0) is 63.6 Å². The van der Waals surface area contributed by atoms with Gasteiger partial charge in [-0.2, -0.15) is 0 Å². The van der Waals surface area contributed by atoms with Crippen molar-refractivity contribution >= 4 is 17.7 Å². The van der Waals surface area contributed by atoms with Gasteiger partial charge in [0.15, 0.2) is 11.6 Å². The fraction of sp³-hybridized carbons (Fsp3) is 0.761. The van der Waals surface area contributed by atoms with Gasteiger partial charge in [-0.05, 0) is 37.5 Å². The van der Waals surface area contributed by atoms with Crippen LogP contribution in [0.5, 0.6) is 5.75 Å². The standard InChI is InChI=1S/C46H70O16/c1-28(15-40-21-44(6,52)26-46(61-40)23-39(57-31(4)48)17-36(59-46)13-14-47)29(2)43(58-32(5)49)30(3)42(51)19-37-18-38(54-8)22-45(60-37)20-34(50)16-41(62-45)25-56-27-55-24-33-9-11-35(53-7)12-10-33/h9-12,29-30,34,36-41,43,47,50,52H,1,13-27H2,2-8H3/t29-,30-,34+,36+,37+,38+,39+,40+,41-,43+,44+,45+,46-/m1/s1. The molecule has 0 saturated carbocycles. The van der Waals surface area contributed by atoms with E-state index in [2.05, 4.69) is 6.58 Å². The average molecular weight is 879 g/mol. The molecular weight excluding hydrogens is 808 g/mol. The Morgan fingerprint density at radius 2 is 1.48 bits per heavy atom. The maximum Gasteiger partial charge on any atom is 0.302 e. The molecule has 350 valence electrons. The van der Waals surface area contributed by atoms with E-state index < -0.39 is 83.7 Å². The Balaban J connectivity index is 1.20. The van der Waals surface area contributed by atoms with Gasteiger partial charge >= 0.3 is 11.9 Å². The molecule has 16 nitrogen and oxygen atoms in total. The van der Waals surface area contributed by atoms with E-state index in [9.17, 15) is 29.7 Å². The van der Waals surface area contributed by atoms with E-state index in [1.54, 1.807) is 28.1 Å². The molecular formula is C46H70O16. The number of aliphatic hydroxyl groups excluding tert-OH is 2. The second kappa shape index (κ2) is 22.2. The predicted molar refractivity (Wildman–Crippen MR) is 222 cm³/mol. The third-order valence-electron chi connectivity index (χ3n) is 12.4. The summed E-state index contributed by atoms with van der Waals surface area (Å²) < 4.78 is 60.0. The summed E-state index contributed by atoms with van der Waals surface area (Å²) in [5.74, 6) is -4.19. The molecule has 4 aliphatic heterocycles. The van der Waals surface area contributed by atoms with Gasteiger partial charge in [0.25, 0.3) is 0 Å². The van der Waals surface area contributed by atoms with Gasteiger partial charge in [-0.3, -0.25) is 14.4 Å². The van der Waals surface area contributed by atoms with Crippen molar-refractivity contribution in [2.75, 3.05) is 34.2 Å². The van der Waals surface area contributed by atoms with E-state index >= 15 is 0 Å². The summed E-state index contributed by atoms with van der Waals surface area (Å²) in [6, 6.07) is 7.54. The first-order valence-corrected chi connectivity index (χ1v) is 21.9. The highest BCUT2D eigenvalue weighted by atomic mass is 16.7. The van der Waals surface area contributed by atoms with E-state index in [-0.39, 0.29) is 70.4 Å². The molecule has 0 aliphatic carbocycles. The summed E-state index contributed by atoms with van der Waals surface area (Å²) in [7, 11) is 3.21. The van der Waals surface area contributed by atoms with Crippen LogP contribution in [0.3, 0.4) is 0 Å². The highest BCUT2D eigenvalue weighted by Crippen LogP contribution is 2.46. The van der Waals surface area contributed by atoms with Crippen LogP contribution in [0.15, 0.2) is 36.4 Å². The molecule has 0 unspecified atom stereocenters. The van der Waals surface area contributed by atoms with Crippen molar-refractivity contribution in [3.05, 3.63) is 42.0 Å². The predicted octanol–water partition coefficient (Wildman–Crippen LogP) is 4.84. The van der Waals surface area contributed by atoms with Crippen LogP contribution in [-0.4, -0.2) is 133 Å². The lowest BCUT2D eigenvalue weighted by atomic mass is 9.78. The Morgan fingerprint density at radius 3 is 2.15 bits per heavy atom. The molecule has 5 rings (SSSR count). The molecule has 3 N–H and O–H groups in total. The molecule has 0 amide bonds. The largest absolute Gasteiger partial charge is 0.497 e. The molecule has 0 radical (unpaired) electrons.